The van der Waals surface area contributed by atoms with Gasteiger partial charge in [0, 0.05) is 18.8 Å². The quantitative estimate of drug-likeness (QED) is 0.848. The van der Waals surface area contributed by atoms with E-state index in [0.717, 1.165) is 30.0 Å². The highest BCUT2D eigenvalue weighted by atomic mass is 32.3. The number of hydrogen-bond donors (Lipinski definition) is 1. The molecule has 0 saturated heterocycles. The Labute approximate surface area is 121 Å². The van der Waals surface area contributed by atoms with Gasteiger partial charge in [0.05, 0.1) is 9.79 Å². The Morgan fingerprint density at radius 2 is 1.62 bits per heavy atom. The minimum absolute atomic E-state index is 0.136. The summed E-state index contributed by atoms with van der Waals surface area (Å²) in [7, 11) is -7.12. The number of sulfonamides is 1. The fourth-order valence-corrected chi connectivity index (χ4v) is 3.04. The van der Waals surface area contributed by atoms with Crippen LogP contribution in [0.4, 0.5) is 9.70 Å². The number of benzene rings is 1. The highest BCUT2D eigenvalue weighted by Crippen LogP contribution is 2.19. The molecule has 21 heavy (non-hydrogen) atoms. The Bertz CT molecular complexity index is 851. The summed E-state index contributed by atoms with van der Waals surface area (Å²) in [5.41, 5.74) is 0.756. The van der Waals surface area contributed by atoms with Gasteiger partial charge in [0.25, 0.3) is 10.0 Å². The number of rotatable bonds is 4. The molecule has 1 N–H and O–H groups in total. The van der Waals surface area contributed by atoms with Crippen LogP contribution >= 0.6 is 0 Å². The van der Waals surface area contributed by atoms with Gasteiger partial charge in [0.1, 0.15) is 0 Å². The van der Waals surface area contributed by atoms with E-state index in [9.17, 15) is 20.7 Å². The summed E-state index contributed by atoms with van der Waals surface area (Å²) in [5, 5.41) is 3.95. The fraction of sp³-hybridized carbons (Fsp3) is 0.182. The Kier molecular flexibility index (Phi) is 3.76. The van der Waals surface area contributed by atoms with Crippen molar-refractivity contribution in [2.24, 2.45) is 7.05 Å². The number of aromatic nitrogens is 2. The maximum Gasteiger partial charge on any atom is 0.332 e. The van der Waals surface area contributed by atoms with E-state index in [1.165, 1.54) is 10.7 Å². The Balaban J connectivity index is 2.31. The lowest BCUT2D eigenvalue weighted by atomic mass is 10.4. The van der Waals surface area contributed by atoms with Crippen molar-refractivity contribution in [3.8, 4) is 0 Å². The van der Waals surface area contributed by atoms with Gasteiger partial charge in [-0.1, -0.05) is 0 Å². The molecular weight excluding hydrogens is 321 g/mol. The summed E-state index contributed by atoms with van der Waals surface area (Å²) in [6, 6.07) is 5.31. The maximum atomic E-state index is 12.7. The van der Waals surface area contributed by atoms with Crippen LogP contribution in [-0.2, 0) is 27.3 Å². The van der Waals surface area contributed by atoms with E-state index >= 15 is 0 Å². The van der Waals surface area contributed by atoms with Crippen molar-refractivity contribution in [3.63, 3.8) is 0 Å². The molecule has 0 atom stereocenters. The van der Waals surface area contributed by atoms with Crippen LogP contribution in [0.3, 0.4) is 0 Å². The maximum absolute atomic E-state index is 12.7. The van der Waals surface area contributed by atoms with Crippen molar-refractivity contribution in [3.05, 3.63) is 36.0 Å². The molecule has 0 saturated carbocycles. The van der Waals surface area contributed by atoms with Gasteiger partial charge < -0.3 is 0 Å². The van der Waals surface area contributed by atoms with Crippen LogP contribution < -0.4 is 4.72 Å². The third-order valence-corrected chi connectivity index (χ3v) is 4.97. The molecule has 2 aromatic rings. The molecule has 0 aliphatic rings. The second-order valence-electron chi connectivity index (χ2n) is 4.31. The largest absolute Gasteiger partial charge is 0.332 e. The lowest BCUT2D eigenvalue weighted by Gasteiger charge is -2.05. The van der Waals surface area contributed by atoms with Crippen LogP contribution in [0.25, 0.3) is 0 Å². The van der Waals surface area contributed by atoms with Crippen molar-refractivity contribution in [2.45, 2.75) is 16.7 Å². The van der Waals surface area contributed by atoms with Gasteiger partial charge >= 0.3 is 10.2 Å². The predicted octanol–water partition coefficient (Wildman–Crippen LogP) is 1.19. The molecule has 10 heteroatoms. The molecule has 0 bridgehead atoms. The molecule has 0 radical (unpaired) electrons. The van der Waals surface area contributed by atoms with E-state index in [1.807, 2.05) is 0 Å². The van der Waals surface area contributed by atoms with Crippen LogP contribution in [0.15, 0.2) is 40.1 Å². The molecule has 0 fully saturated rings. The minimum Gasteiger partial charge on any atom is -0.271 e. The predicted molar refractivity (Wildman–Crippen MR) is 73.5 cm³/mol. The van der Waals surface area contributed by atoms with Crippen molar-refractivity contribution < 1.29 is 20.7 Å². The zero-order valence-corrected chi connectivity index (χ0v) is 12.7. The standard InChI is InChI=1S/C11H12FN3O4S2/c1-8-7-11(13-15(8)2)14-21(18,19)10-5-3-9(4-6-10)20(12,16)17/h3-7H,1-2H3,(H,13,14). The molecule has 0 unspecified atom stereocenters. The average molecular weight is 333 g/mol. The number of nitrogens with one attached hydrogen (secondary N) is 1. The number of anilines is 1. The van der Waals surface area contributed by atoms with Crippen LogP contribution in [0.2, 0.25) is 0 Å². The molecule has 0 aliphatic heterocycles. The number of halogens is 1. The first kappa shape index (κ1) is 15.4. The van der Waals surface area contributed by atoms with Crippen molar-refractivity contribution in [1.29, 1.82) is 0 Å². The van der Waals surface area contributed by atoms with Gasteiger partial charge in [-0.3, -0.25) is 9.40 Å². The minimum atomic E-state index is -4.86. The van der Waals surface area contributed by atoms with Gasteiger partial charge in [0.15, 0.2) is 5.82 Å². The van der Waals surface area contributed by atoms with E-state index < -0.39 is 25.1 Å². The van der Waals surface area contributed by atoms with Gasteiger partial charge in [-0.25, -0.2) is 8.42 Å². The van der Waals surface area contributed by atoms with Crippen molar-refractivity contribution in [1.82, 2.24) is 9.78 Å². The summed E-state index contributed by atoms with van der Waals surface area (Å²) in [5.74, 6) is 0.136. The van der Waals surface area contributed by atoms with Crippen molar-refractivity contribution in [2.75, 3.05) is 4.72 Å². The van der Waals surface area contributed by atoms with Gasteiger partial charge in [0.2, 0.25) is 0 Å². The second-order valence-corrected chi connectivity index (χ2v) is 7.34. The third-order valence-electron chi connectivity index (χ3n) is 2.77. The van der Waals surface area contributed by atoms with E-state index in [-0.39, 0.29) is 10.7 Å². The van der Waals surface area contributed by atoms with Crippen LogP contribution in [-0.4, -0.2) is 26.6 Å². The zero-order valence-electron chi connectivity index (χ0n) is 11.1. The normalized spacial score (nSPS) is 12.3. The van der Waals surface area contributed by atoms with E-state index in [0.29, 0.717) is 0 Å². The molecule has 0 spiro atoms. The molecule has 1 aromatic heterocycles. The molecule has 7 nitrogen and oxygen atoms in total. The first-order chi connectivity index (χ1) is 9.59. The summed E-state index contributed by atoms with van der Waals surface area (Å²) >= 11 is 0. The first-order valence-corrected chi connectivity index (χ1v) is 8.54. The van der Waals surface area contributed by atoms with Gasteiger partial charge in [-0.15, -0.1) is 3.89 Å². The summed E-state index contributed by atoms with van der Waals surface area (Å²) in [6.07, 6.45) is 0. The lowest BCUT2D eigenvalue weighted by Crippen LogP contribution is -2.13. The Hall–Kier alpha value is -1.94. The highest BCUT2D eigenvalue weighted by molar-refractivity contribution is 7.92. The first-order valence-electron chi connectivity index (χ1n) is 5.68. The van der Waals surface area contributed by atoms with Gasteiger partial charge in [-0.2, -0.15) is 13.5 Å². The molecular formula is C11H12FN3O4S2. The molecule has 2 rings (SSSR count). The second kappa shape index (κ2) is 5.11. The summed E-state index contributed by atoms with van der Waals surface area (Å²) < 4.78 is 62.0. The van der Waals surface area contributed by atoms with Crippen LogP contribution in [0, 0.1) is 6.92 Å². The van der Waals surface area contributed by atoms with E-state index in [4.69, 9.17) is 0 Å². The number of hydrogen-bond acceptors (Lipinski definition) is 5. The average Bonchev–Trinajstić information content (AvgIpc) is 2.66. The monoisotopic (exact) mass is 333 g/mol. The highest BCUT2D eigenvalue weighted by Gasteiger charge is 2.18. The third kappa shape index (κ3) is 3.39. The van der Waals surface area contributed by atoms with Crippen LogP contribution in [0.1, 0.15) is 5.69 Å². The summed E-state index contributed by atoms with van der Waals surface area (Å²) in [4.78, 5) is -0.798. The zero-order chi connectivity index (χ0) is 15.8. The molecule has 114 valence electrons. The topological polar surface area (TPSA) is 98.1 Å². The fourth-order valence-electron chi connectivity index (χ4n) is 1.59. The van der Waals surface area contributed by atoms with E-state index in [2.05, 4.69) is 9.82 Å². The molecule has 0 aliphatic carbocycles. The summed E-state index contributed by atoms with van der Waals surface area (Å²) in [6.45, 7) is 1.76. The Morgan fingerprint density at radius 3 is 2.05 bits per heavy atom. The van der Waals surface area contributed by atoms with Gasteiger partial charge in [-0.05, 0) is 31.2 Å². The molecule has 0 amide bonds. The SMILES string of the molecule is Cc1cc(NS(=O)(=O)c2ccc(S(=O)(=O)F)cc2)nn1C. The number of aryl methyl sites for hydroxylation is 2. The lowest BCUT2D eigenvalue weighted by molar-refractivity contribution is 0.551. The smallest absolute Gasteiger partial charge is 0.271 e. The van der Waals surface area contributed by atoms with Crippen LogP contribution in [0.5, 0.6) is 0 Å². The Morgan fingerprint density at radius 1 is 1.10 bits per heavy atom. The van der Waals surface area contributed by atoms with Crippen molar-refractivity contribution >= 4 is 26.1 Å². The van der Waals surface area contributed by atoms with E-state index in [1.54, 1.807) is 14.0 Å². The molecule has 1 heterocycles. The molecule has 1 aromatic carbocycles. The number of nitrogens with zero attached hydrogens (tertiary/aromatic N) is 2.